The van der Waals surface area contributed by atoms with E-state index in [0.29, 0.717) is 0 Å². The van der Waals surface area contributed by atoms with Gasteiger partial charge >= 0.3 is 11.9 Å². The molecule has 1 aromatic carbocycles. The maximum atomic E-state index is 11.8. The molecule has 1 atom stereocenters. The summed E-state index contributed by atoms with van der Waals surface area (Å²) in [4.78, 5) is 23.5. The molecule has 0 aliphatic rings. The second kappa shape index (κ2) is 7.17. The highest BCUT2D eigenvalue weighted by atomic mass is 16.5. The van der Waals surface area contributed by atoms with Crippen molar-refractivity contribution in [2.45, 2.75) is 12.3 Å². The molecule has 1 aromatic rings. The maximum Gasteiger partial charge on any atom is 0.320 e. The van der Waals surface area contributed by atoms with E-state index in [1.54, 1.807) is 24.3 Å². The molecular weight excluding hydrogens is 246 g/mol. The Balaban J connectivity index is 3.17. The number of esters is 2. The van der Waals surface area contributed by atoms with E-state index in [2.05, 4.69) is 9.47 Å². The predicted octanol–water partition coefficient (Wildman–Crippen LogP) is 1.65. The zero-order valence-electron chi connectivity index (χ0n) is 10.8. The van der Waals surface area contributed by atoms with Crippen molar-refractivity contribution in [2.24, 2.45) is 5.92 Å². The van der Waals surface area contributed by atoms with Crippen molar-refractivity contribution in [3.8, 4) is 6.07 Å². The first kappa shape index (κ1) is 14.7. The Morgan fingerprint density at radius 2 is 1.68 bits per heavy atom. The number of rotatable bonds is 5. The molecule has 0 amide bonds. The van der Waals surface area contributed by atoms with Gasteiger partial charge in [-0.25, -0.2) is 0 Å². The third kappa shape index (κ3) is 3.55. The molecule has 0 heterocycles. The van der Waals surface area contributed by atoms with Crippen LogP contribution in [0.4, 0.5) is 0 Å². The molecular formula is C14H15NO4. The van der Waals surface area contributed by atoms with Gasteiger partial charge in [-0.3, -0.25) is 9.59 Å². The highest BCUT2D eigenvalue weighted by Gasteiger charge is 2.37. The smallest absolute Gasteiger partial charge is 0.320 e. The van der Waals surface area contributed by atoms with E-state index >= 15 is 0 Å². The summed E-state index contributed by atoms with van der Waals surface area (Å²) in [6.45, 7) is 0. The lowest BCUT2D eigenvalue weighted by Crippen LogP contribution is -2.32. The van der Waals surface area contributed by atoms with Crippen molar-refractivity contribution in [1.29, 1.82) is 5.26 Å². The standard InChI is InChI=1S/C14H15NO4/c1-18-13(16)12(14(17)19-2)11(8-9-15)10-6-4-3-5-7-10/h3-7,11-12H,8H2,1-2H3/t11-/m0/s1. The molecule has 0 saturated heterocycles. The summed E-state index contributed by atoms with van der Waals surface area (Å²) >= 11 is 0. The fourth-order valence-corrected chi connectivity index (χ4v) is 1.91. The van der Waals surface area contributed by atoms with Crippen LogP contribution < -0.4 is 0 Å². The van der Waals surface area contributed by atoms with Crippen molar-refractivity contribution < 1.29 is 19.1 Å². The third-order valence-electron chi connectivity index (χ3n) is 2.85. The zero-order chi connectivity index (χ0) is 14.3. The summed E-state index contributed by atoms with van der Waals surface area (Å²) in [6, 6.07) is 10.9. The molecule has 5 nitrogen and oxygen atoms in total. The average Bonchev–Trinajstić information content (AvgIpc) is 2.46. The van der Waals surface area contributed by atoms with Crippen molar-refractivity contribution in [3.05, 3.63) is 35.9 Å². The van der Waals surface area contributed by atoms with Crippen molar-refractivity contribution in [3.63, 3.8) is 0 Å². The first-order valence-electron chi connectivity index (χ1n) is 5.73. The SMILES string of the molecule is COC(=O)C(C(=O)OC)[C@@H](CC#N)c1ccccc1. The highest BCUT2D eigenvalue weighted by Crippen LogP contribution is 2.29. The minimum Gasteiger partial charge on any atom is -0.468 e. The number of ether oxygens (including phenoxy) is 2. The molecule has 0 spiro atoms. The fourth-order valence-electron chi connectivity index (χ4n) is 1.91. The molecule has 0 aliphatic carbocycles. The van der Waals surface area contributed by atoms with Gasteiger partial charge in [-0.05, 0) is 5.56 Å². The lowest BCUT2D eigenvalue weighted by atomic mass is 9.84. The van der Waals surface area contributed by atoms with Crippen LogP contribution in [0.15, 0.2) is 30.3 Å². The summed E-state index contributed by atoms with van der Waals surface area (Å²) in [5, 5.41) is 8.90. The summed E-state index contributed by atoms with van der Waals surface area (Å²) in [5.74, 6) is -3.10. The Kier molecular flexibility index (Phi) is 5.55. The number of hydrogen-bond acceptors (Lipinski definition) is 5. The number of benzene rings is 1. The summed E-state index contributed by atoms with van der Waals surface area (Å²) in [6.07, 6.45) is 0.0267. The fraction of sp³-hybridized carbons (Fsp3) is 0.357. The van der Waals surface area contributed by atoms with Gasteiger partial charge in [-0.15, -0.1) is 0 Å². The first-order valence-corrected chi connectivity index (χ1v) is 5.73. The van der Waals surface area contributed by atoms with Gasteiger partial charge in [0.2, 0.25) is 0 Å². The lowest BCUT2D eigenvalue weighted by Gasteiger charge is -2.21. The second-order valence-electron chi connectivity index (χ2n) is 3.90. The predicted molar refractivity (Wildman–Crippen MR) is 66.9 cm³/mol. The van der Waals surface area contributed by atoms with Gasteiger partial charge in [-0.2, -0.15) is 5.26 Å². The molecule has 0 unspecified atom stereocenters. The van der Waals surface area contributed by atoms with Crippen LogP contribution in [0.2, 0.25) is 0 Å². The average molecular weight is 261 g/mol. The normalized spacial score (nSPS) is 11.5. The van der Waals surface area contributed by atoms with Crippen LogP contribution >= 0.6 is 0 Å². The summed E-state index contributed by atoms with van der Waals surface area (Å²) in [5.41, 5.74) is 0.727. The Hall–Kier alpha value is -2.35. The summed E-state index contributed by atoms with van der Waals surface area (Å²) in [7, 11) is 2.40. The Labute approximate surface area is 111 Å². The maximum absolute atomic E-state index is 11.8. The van der Waals surface area contributed by atoms with E-state index in [4.69, 9.17) is 5.26 Å². The third-order valence-corrected chi connectivity index (χ3v) is 2.85. The molecule has 100 valence electrons. The van der Waals surface area contributed by atoms with Crippen LogP contribution in [0.1, 0.15) is 17.9 Å². The largest absolute Gasteiger partial charge is 0.468 e. The molecule has 0 aromatic heterocycles. The van der Waals surface area contributed by atoms with Gasteiger partial charge in [-0.1, -0.05) is 30.3 Å². The minimum absolute atomic E-state index is 0.0267. The zero-order valence-corrected chi connectivity index (χ0v) is 10.8. The van der Waals surface area contributed by atoms with E-state index in [0.717, 1.165) is 5.56 Å². The highest BCUT2D eigenvalue weighted by molar-refractivity contribution is 5.96. The number of carbonyl (C=O) groups is 2. The number of methoxy groups -OCH3 is 2. The number of carbonyl (C=O) groups excluding carboxylic acids is 2. The monoisotopic (exact) mass is 261 g/mol. The molecule has 19 heavy (non-hydrogen) atoms. The molecule has 0 bridgehead atoms. The van der Waals surface area contributed by atoms with Crippen LogP contribution in [-0.2, 0) is 19.1 Å². The van der Waals surface area contributed by atoms with E-state index in [9.17, 15) is 9.59 Å². The van der Waals surface area contributed by atoms with Gasteiger partial charge in [0.25, 0.3) is 0 Å². The van der Waals surface area contributed by atoms with Crippen molar-refractivity contribution in [2.75, 3.05) is 14.2 Å². The van der Waals surface area contributed by atoms with Crippen LogP contribution in [0.25, 0.3) is 0 Å². The molecule has 0 radical (unpaired) electrons. The van der Waals surface area contributed by atoms with Crippen LogP contribution in [-0.4, -0.2) is 26.2 Å². The van der Waals surface area contributed by atoms with Gasteiger partial charge in [0.1, 0.15) is 0 Å². The van der Waals surface area contributed by atoms with Gasteiger partial charge in [0, 0.05) is 12.3 Å². The van der Waals surface area contributed by atoms with Crippen LogP contribution in [0.3, 0.4) is 0 Å². The van der Waals surface area contributed by atoms with Crippen molar-refractivity contribution >= 4 is 11.9 Å². The number of nitrogens with zero attached hydrogens (tertiary/aromatic N) is 1. The topological polar surface area (TPSA) is 76.4 Å². The Morgan fingerprint density at radius 3 is 2.11 bits per heavy atom. The van der Waals surface area contributed by atoms with Crippen molar-refractivity contribution in [1.82, 2.24) is 0 Å². The summed E-state index contributed by atoms with van der Waals surface area (Å²) < 4.78 is 9.27. The van der Waals surface area contributed by atoms with Gasteiger partial charge in [0.05, 0.1) is 20.3 Å². The first-order chi connectivity index (χ1) is 9.15. The van der Waals surface area contributed by atoms with E-state index < -0.39 is 23.8 Å². The van der Waals surface area contributed by atoms with Crippen LogP contribution in [0.5, 0.6) is 0 Å². The number of hydrogen-bond donors (Lipinski definition) is 0. The van der Waals surface area contributed by atoms with E-state index in [-0.39, 0.29) is 6.42 Å². The van der Waals surface area contributed by atoms with E-state index in [1.807, 2.05) is 12.1 Å². The minimum atomic E-state index is -1.13. The Bertz CT molecular complexity index is 462. The van der Waals surface area contributed by atoms with Gasteiger partial charge in [0.15, 0.2) is 5.92 Å². The molecule has 0 fully saturated rings. The Morgan fingerprint density at radius 1 is 1.16 bits per heavy atom. The number of nitriles is 1. The second-order valence-corrected chi connectivity index (χ2v) is 3.90. The molecule has 1 rings (SSSR count). The molecule has 0 aliphatic heterocycles. The lowest BCUT2D eigenvalue weighted by molar-refractivity contribution is -0.159. The van der Waals surface area contributed by atoms with Crippen LogP contribution in [0, 0.1) is 17.2 Å². The molecule has 5 heteroatoms. The quantitative estimate of drug-likeness (QED) is 0.595. The molecule has 0 saturated carbocycles. The van der Waals surface area contributed by atoms with Gasteiger partial charge < -0.3 is 9.47 Å². The molecule has 0 N–H and O–H groups in total. The van der Waals surface area contributed by atoms with E-state index in [1.165, 1.54) is 14.2 Å².